The SMILES string of the molecule is CC(=O)N1CCN(c2nc(NN)ncc2F)CC1. The minimum absolute atomic E-state index is 0.0297. The molecule has 1 amide bonds. The van der Waals surface area contributed by atoms with Crippen LogP contribution in [0.15, 0.2) is 6.20 Å². The molecular formula is C10H15FN6O. The maximum Gasteiger partial charge on any atom is 0.239 e. The minimum Gasteiger partial charge on any atom is -0.350 e. The summed E-state index contributed by atoms with van der Waals surface area (Å²) in [4.78, 5) is 22.4. The molecule has 2 rings (SSSR count). The number of nitrogen functional groups attached to an aromatic ring is 1. The Balaban J connectivity index is 2.11. The number of hydrogen-bond acceptors (Lipinski definition) is 6. The van der Waals surface area contributed by atoms with Crippen molar-refractivity contribution in [2.75, 3.05) is 36.5 Å². The van der Waals surface area contributed by atoms with Crippen molar-refractivity contribution in [3.8, 4) is 0 Å². The number of nitrogens with zero attached hydrogens (tertiary/aromatic N) is 4. The number of hydrogen-bond donors (Lipinski definition) is 2. The number of nitrogens with two attached hydrogens (primary N) is 1. The first-order chi connectivity index (χ1) is 8.61. The van der Waals surface area contributed by atoms with Gasteiger partial charge in [0.25, 0.3) is 0 Å². The standard InChI is InChI=1S/C10H15FN6O/c1-7(18)16-2-4-17(5-3-16)9-8(11)6-13-10(14-9)15-12/h6H,2-5,12H2,1H3,(H,13,14,15). The van der Waals surface area contributed by atoms with Gasteiger partial charge in [-0.2, -0.15) is 4.98 Å². The zero-order chi connectivity index (χ0) is 13.1. The zero-order valence-corrected chi connectivity index (χ0v) is 10.1. The van der Waals surface area contributed by atoms with Gasteiger partial charge in [0, 0.05) is 33.1 Å². The maximum atomic E-state index is 13.6. The molecule has 0 bridgehead atoms. The Bertz CT molecular complexity index is 446. The van der Waals surface area contributed by atoms with E-state index >= 15 is 0 Å². The third-order valence-electron chi connectivity index (χ3n) is 2.88. The molecule has 1 aliphatic rings. The van der Waals surface area contributed by atoms with Crippen LogP contribution in [0.5, 0.6) is 0 Å². The number of amides is 1. The van der Waals surface area contributed by atoms with E-state index in [0.29, 0.717) is 26.2 Å². The van der Waals surface area contributed by atoms with Crippen molar-refractivity contribution in [1.82, 2.24) is 14.9 Å². The fraction of sp³-hybridized carbons (Fsp3) is 0.500. The maximum absolute atomic E-state index is 13.6. The summed E-state index contributed by atoms with van der Waals surface area (Å²) in [6, 6.07) is 0. The molecule has 0 unspecified atom stereocenters. The smallest absolute Gasteiger partial charge is 0.239 e. The van der Waals surface area contributed by atoms with Crippen LogP contribution < -0.4 is 16.2 Å². The van der Waals surface area contributed by atoms with E-state index in [2.05, 4.69) is 15.4 Å². The summed E-state index contributed by atoms with van der Waals surface area (Å²) in [5, 5.41) is 0. The van der Waals surface area contributed by atoms with Gasteiger partial charge in [0.1, 0.15) is 0 Å². The van der Waals surface area contributed by atoms with E-state index in [1.54, 1.807) is 9.80 Å². The van der Waals surface area contributed by atoms with Crippen molar-refractivity contribution in [3.05, 3.63) is 12.0 Å². The second-order valence-electron chi connectivity index (χ2n) is 4.00. The third-order valence-corrected chi connectivity index (χ3v) is 2.88. The molecule has 0 radical (unpaired) electrons. The van der Waals surface area contributed by atoms with Crippen LogP contribution in [0.2, 0.25) is 0 Å². The molecule has 0 aromatic carbocycles. The Labute approximate surface area is 104 Å². The first kappa shape index (κ1) is 12.5. The van der Waals surface area contributed by atoms with E-state index < -0.39 is 5.82 Å². The molecule has 0 spiro atoms. The van der Waals surface area contributed by atoms with Gasteiger partial charge < -0.3 is 9.80 Å². The Hall–Kier alpha value is -1.96. The van der Waals surface area contributed by atoms with Crippen LogP contribution in [0.25, 0.3) is 0 Å². The summed E-state index contributed by atoms with van der Waals surface area (Å²) in [6.07, 6.45) is 1.08. The average molecular weight is 254 g/mol. The Morgan fingerprint density at radius 3 is 2.67 bits per heavy atom. The topological polar surface area (TPSA) is 87.4 Å². The average Bonchev–Trinajstić information content (AvgIpc) is 2.39. The van der Waals surface area contributed by atoms with Crippen LogP contribution in [0.3, 0.4) is 0 Å². The third kappa shape index (κ3) is 2.48. The Morgan fingerprint density at radius 1 is 1.44 bits per heavy atom. The van der Waals surface area contributed by atoms with Gasteiger partial charge in [0.15, 0.2) is 11.6 Å². The van der Waals surface area contributed by atoms with Gasteiger partial charge in [-0.05, 0) is 0 Å². The fourth-order valence-corrected chi connectivity index (χ4v) is 1.88. The summed E-state index contributed by atoms with van der Waals surface area (Å²) in [5.74, 6) is 5.10. The second-order valence-corrected chi connectivity index (χ2v) is 4.00. The number of nitrogens with one attached hydrogen (secondary N) is 1. The van der Waals surface area contributed by atoms with E-state index in [1.165, 1.54) is 6.92 Å². The van der Waals surface area contributed by atoms with Crippen molar-refractivity contribution in [2.24, 2.45) is 5.84 Å². The predicted octanol–water partition coefficient (Wildman–Crippen LogP) is -0.430. The van der Waals surface area contributed by atoms with Crippen LogP contribution >= 0.6 is 0 Å². The van der Waals surface area contributed by atoms with Crippen molar-refractivity contribution in [3.63, 3.8) is 0 Å². The van der Waals surface area contributed by atoms with Gasteiger partial charge >= 0.3 is 0 Å². The van der Waals surface area contributed by atoms with Gasteiger partial charge in [-0.3, -0.25) is 10.2 Å². The van der Waals surface area contributed by atoms with Crippen LogP contribution in [-0.4, -0.2) is 47.0 Å². The van der Waals surface area contributed by atoms with Gasteiger partial charge in [-0.1, -0.05) is 0 Å². The second kappa shape index (κ2) is 5.13. The van der Waals surface area contributed by atoms with E-state index in [4.69, 9.17) is 5.84 Å². The molecule has 1 aliphatic heterocycles. The van der Waals surface area contributed by atoms with Gasteiger partial charge in [-0.15, -0.1) is 0 Å². The molecular weight excluding hydrogens is 239 g/mol. The highest BCUT2D eigenvalue weighted by Crippen LogP contribution is 2.18. The molecule has 7 nitrogen and oxygen atoms in total. The highest BCUT2D eigenvalue weighted by Gasteiger charge is 2.22. The first-order valence-electron chi connectivity index (χ1n) is 5.61. The van der Waals surface area contributed by atoms with Crippen LogP contribution in [0.4, 0.5) is 16.2 Å². The summed E-state index contributed by atoms with van der Waals surface area (Å²) in [5.41, 5.74) is 2.28. The van der Waals surface area contributed by atoms with Gasteiger partial charge in [-0.25, -0.2) is 15.2 Å². The summed E-state index contributed by atoms with van der Waals surface area (Å²) >= 11 is 0. The van der Waals surface area contributed by atoms with Crippen LogP contribution in [0.1, 0.15) is 6.92 Å². The van der Waals surface area contributed by atoms with Crippen LogP contribution in [0, 0.1) is 5.82 Å². The van der Waals surface area contributed by atoms with Crippen molar-refractivity contribution in [1.29, 1.82) is 0 Å². The lowest BCUT2D eigenvalue weighted by Crippen LogP contribution is -2.48. The normalized spacial score (nSPS) is 15.7. The zero-order valence-electron chi connectivity index (χ0n) is 10.1. The molecule has 1 saturated heterocycles. The molecule has 8 heteroatoms. The van der Waals surface area contributed by atoms with Crippen molar-refractivity contribution < 1.29 is 9.18 Å². The molecule has 18 heavy (non-hydrogen) atoms. The molecule has 1 fully saturated rings. The molecule has 0 aliphatic carbocycles. The summed E-state index contributed by atoms with van der Waals surface area (Å²) in [6.45, 7) is 3.72. The van der Waals surface area contributed by atoms with E-state index in [-0.39, 0.29) is 17.7 Å². The quantitative estimate of drug-likeness (QED) is 0.550. The highest BCUT2D eigenvalue weighted by molar-refractivity contribution is 5.73. The summed E-state index contributed by atoms with van der Waals surface area (Å²) < 4.78 is 13.6. The number of halogens is 1. The van der Waals surface area contributed by atoms with E-state index in [1.807, 2.05) is 0 Å². The molecule has 98 valence electrons. The largest absolute Gasteiger partial charge is 0.350 e. The number of piperazine rings is 1. The number of rotatable bonds is 2. The highest BCUT2D eigenvalue weighted by atomic mass is 19.1. The summed E-state index contributed by atoms with van der Waals surface area (Å²) in [7, 11) is 0. The lowest BCUT2D eigenvalue weighted by Gasteiger charge is -2.34. The number of anilines is 2. The van der Waals surface area contributed by atoms with Gasteiger partial charge in [0.05, 0.1) is 6.20 Å². The number of aromatic nitrogens is 2. The molecule has 0 saturated carbocycles. The number of carbonyl (C=O) groups excluding carboxylic acids is 1. The minimum atomic E-state index is -0.495. The molecule has 0 atom stereocenters. The Morgan fingerprint density at radius 2 is 2.11 bits per heavy atom. The van der Waals surface area contributed by atoms with Gasteiger partial charge in [0.2, 0.25) is 11.9 Å². The molecule has 1 aromatic heterocycles. The van der Waals surface area contributed by atoms with E-state index in [0.717, 1.165) is 6.20 Å². The fourth-order valence-electron chi connectivity index (χ4n) is 1.88. The molecule has 2 heterocycles. The first-order valence-corrected chi connectivity index (χ1v) is 5.61. The predicted molar refractivity (Wildman–Crippen MR) is 64.3 cm³/mol. The monoisotopic (exact) mass is 254 g/mol. The Kier molecular flexibility index (Phi) is 3.56. The lowest BCUT2D eigenvalue weighted by molar-refractivity contribution is -0.129. The molecule has 3 N–H and O–H groups in total. The number of carbonyl (C=O) groups is 1. The van der Waals surface area contributed by atoms with Crippen LogP contribution in [-0.2, 0) is 4.79 Å². The molecule has 1 aromatic rings. The van der Waals surface area contributed by atoms with E-state index in [9.17, 15) is 9.18 Å². The number of hydrazine groups is 1. The van der Waals surface area contributed by atoms with Crippen molar-refractivity contribution in [2.45, 2.75) is 6.92 Å². The van der Waals surface area contributed by atoms with Crippen molar-refractivity contribution >= 4 is 17.7 Å². The lowest BCUT2D eigenvalue weighted by atomic mass is 10.3.